The van der Waals surface area contributed by atoms with Crippen molar-refractivity contribution in [2.24, 2.45) is 0 Å². The third kappa shape index (κ3) is 3.78. The Morgan fingerprint density at radius 1 is 1.40 bits per heavy atom. The van der Waals surface area contributed by atoms with Crippen LogP contribution < -0.4 is 10.1 Å². The molecule has 0 saturated carbocycles. The summed E-state index contributed by atoms with van der Waals surface area (Å²) in [5.41, 5.74) is -0.0586. The second-order valence-corrected chi connectivity index (χ2v) is 3.37. The van der Waals surface area contributed by atoms with Crippen molar-refractivity contribution in [3.63, 3.8) is 0 Å². The number of benzene rings is 1. The third-order valence-corrected chi connectivity index (χ3v) is 1.87. The highest BCUT2D eigenvalue weighted by molar-refractivity contribution is 9.10. The van der Waals surface area contributed by atoms with Gasteiger partial charge in [0, 0.05) is 4.47 Å². The van der Waals surface area contributed by atoms with E-state index in [1.165, 1.54) is 12.1 Å². The first-order chi connectivity index (χ1) is 6.92. The Hall–Kier alpha value is -1.24. The van der Waals surface area contributed by atoms with Gasteiger partial charge >= 0.3 is 6.36 Å². The van der Waals surface area contributed by atoms with E-state index in [4.69, 9.17) is 0 Å². The highest BCUT2D eigenvalue weighted by atomic mass is 79.9. The van der Waals surface area contributed by atoms with Gasteiger partial charge in [0.15, 0.2) is 5.75 Å². The molecule has 0 fully saturated rings. The lowest BCUT2D eigenvalue weighted by atomic mass is 10.3. The van der Waals surface area contributed by atoms with E-state index >= 15 is 0 Å². The molecule has 0 spiro atoms. The lowest BCUT2D eigenvalue weighted by Gasteiger charge is -2.12. The zero-order chi connectivity index (χ0) is 11.5. The maximum atomic E-state index is 11.9. The van der Waals surface area contributed by atoms with Crippen LogP contribution in [0.4, 0.5) is 18.9 Å². The number of ether oxygens (including phenoxy) is 1. The van der Waals surface area contributed by atoms with Crippen molar-refractivity contribution in [1.82, 2.24) is 0 Å². The molecule has 1 amide bonds. The molecule has 1 aromatic carbocycles. The molecule has 0 atom stereocenters. The van der Waals surface area contributed by atoms with Gasteiger partial charge in [-0.2, -0.15) is 0 Å². The quantitative estimate of drug-likeness (QED) is 0.867. The molecule has 1 rings (SSSR count). The number of carbonyl (C=O) groups excluding carboxylic acids is 1. The first-order valence-electron chi connectivity index (χ1n) is 3.68. The van der Waals surface area contributed by atoms with Crippen LogP contribution in [-0.4, -0.2) is 12.8 Å². The summed E-state index contributed by atoms with van der Waals surface area (Å²) in [6, 6.07) is 3.77. The minimum absolute atomic E-state index is 0.0586. The number of carbonyl (C=O) groups is 1. The molecule has 82 valence electrons. The van der Waals surface area contributed by atoms with Crippen LogP contribution in [0.25, 0.3) is 0 Å². The van der Waals surface area contributed by atoms with Gasteiger partial charge in [-0.1, -0.05) is 15.9 Å². The highest BCUT2D eigenvalue weighted by Crippen LogP contribution is 2.32. The SMILES string of the molecule is O=CNc1cc(Br)ccc1OC(F)(F)F. The molecule has 15 heavy (non-hydrogen) atoms. The van der Waals surface area contributed by atoms with E-state index in [0.29, 0.717) is 4.47 Å². The van der Waals surface area contributed by atoms with Crippen molar-refractivity contribution >= 4 is 28.0 Å². The Morgan fingerprint density at radius 2 is 2.07 bits per heavy atom. The standard InChI is InChI=1S/C8H5BrF3NO2/c9-5-1-2-7(15-8(10,11)12)6(3-5)13-4-14/h1-4H,(H,13,14). The minimum Gasteiger partial charge on any atom is -0.404 e. The fourth-order valence-electron chi connectivity index (χ4n) is 0.892. The van der Waals surface area contributed by atoms with Crippen molar-refractivity contribution < 1.29 is 22.7 Å². The topological polar surface area (TPSA) is 38.3 Å². The van der Waals surface area contributed by atoms with Crippen molar-refractivity contribution in [3.8, 4) is 5.75 Å². The van der Waals surface area contributed by atoms with Gasteiger partial charge in [0.2, 0.25) is 6.41 Å². The molecule has 0 radical (unpaired) electrons. The molecule has 0 bridgehead atoms. The van der Waals surface area contributed by atoms with Gasteiger partial charge in [-0.15, -0.1) is 13.2 Å². The van der Waals surface area contributed by atoms with Gasteiger partial charge in [0.05, 0.1) is 5.69 Å². The number of anilines is 1. The molecular weight excluding hydrogens is 279 g/mol. The Morgan fingerprint density at radius 3 is 2.60 bits per heavy atom. The number of hydrogen-bond donors (Lipinski definition) is 1. The van der Waals surface area contributed by atoms with Gasteiger partial charge in [0.25, 0.3) is 0 Å². The molecule has 1 aromatic rings. The largest absolute Gasteiger partial charge is 0.573 e. The van der Waals surface area contributed by atoms with Gasteiger partial charge in [-0.25, -0.2) is 0 Å². The lowest BCUT2D eigenvalue weighted by Crippen LogP contribution is -2.18. The predicted molar refractivity (Wildman–Crippen MR) is 50.5 cm³/mol. The predicted octanol–water partition coefficient (Wildman–Crippen LogP) is 2.92. The summed E-state index contributed by atoms with van der Waals surface area (Å²) in [4.78, 5) is 10.1. The zero-order valence-electron chi connectivity index (χ0n) is 7.14. The highest BCUT2D eigenvalue weighted by Gasteiger charge is 2.32. The smallest absolute Gasteiger partial charge is 0.404 e. The fraction of sp³-hybridized carbons (Fsp3) is 0.125. The summed E-state index contributed by atoms with van der Waals surface area (Å²) >= 11 is 3.05. The summed E-state index contributed by atoms with van der Waals surface area (Å²) in [6.45, 7) is 0. The van der Waals surface area contributed by atoms with Crippen LogP contribution in [0.3, 0.4) is 0 Å². The van der Waals surface area contributed by atoms with E-state index in [9.17, 15) is 18.0 Å². The zero-order valence-corrected chi connectivity index (χ0v) is 8.72. The van der Waals surface area contributed by atoms with Gasteiger partial charge in [-0.05, 0) is 18.2 Å². The van der Waals surface area contributed by atoms with Crippen LogP contribution in [0, 0.1) is 0 Å². The number of rotatable bonds is 3. The fourth-order valence-corrected chi connectivity index (χ4v) is 1.25. The Bertz CT molecular complexity index is 367. The van der Waals surface area contributed by atoms with E-state index < -0.39 is 12.1 Å². The molecular formula is C8H5BrF3NO2. The summed E-state index contributed by atoms with van der Waals surface area (Å²) < 4.78 is 40.0. The van der Waals surface area contributed by atoms with Crippen LogP contribution in [0.5, 0.6) is 5.75 Å². The van der Waals surface area contributed by atoms with E-state index in [1.807, 2.05) is 0 Å². The molecule has 1 N–H and O–H groups in total. The average molecular weight is 284 g/mol. The van der Waals surface area contributed by atoms with E-state index in [2.05, 4.69) is 26.0 Å². The molecule has 0 aromatic heterocycles. The lowest BCUT2D eigenvalue weighted by molar-refractivity contribution is -0.274. The van der Waals surface area contributed by atoms with Gasteiger partial charge in [0.1, 0.15) is 0 Å². The third-order valence-electron chi connectivity index (χ3n) is 1.38. The van der Waals surface area contributed by atoms with E-state index in [0.717, 1.165) is 6.07 Å². The maximum absolute atomic E-state index is 11.9. The van der Waals surface area contributed by atoms with Crippen molar-refractivity contribution in [2.75, 3.05) is 5.32 Å². The van der Waals surface area contributed by atoms with Gasteiger partial charge in [-0.3, -0.25) is 4.79 Å². The van der Waals surface area contributed by atoms with Crippen molar-refractivity contribution in [2.45, 2.75) is 6.36 Å². The van der Waals surface area contributed by atoms with Crippen LogP contribution >= 0.6 is 15.9 Å². The number of halogens is 4. The van der Waals surface area contributed by atoms with Crippen LogP contribution in [0.15, 0.2) is 22.7 Å². The Balaban J connectivity index is 3.00. The summed E-state index contributed by atoms with van der Waals surface area (Å²) in [5, 5.41) is 2.10. The second-order valence-electron chi connectivity index (χ2n) is 2.45. The molecule has 0 saturated heterocycles. The molecule has 3 nitrogen and oxygen atoms in total. The number of nitrogens with one attached hydrogen (secondary N) is 1. The van der Waals surface area contributed by atoms with Crippen LogP contribution in [0.2, 0.25) is 0 Å². The first-order valence-corrected chi connectivity index (χ1v) is 4.47. The molecule has 0 unspecified atom stereocenters. The minimum atomic E-state index is -4.78. The molecule has 0 aliphatic carbocycles. The van der Waals surface area contributed by atoms with Crippen LogP contribution in [-0.2, 0) is 4.79 Å². The number of amides is 1. The Labute approximate surface area is 91.4 Å². The van der Waals surface area contributed by atoms with Gasteiger partial charge < -0.3 is 10.1 Å². The summed E-state index contributed by atoms with van der Waals surface area (Å²) in [7, 11) is 0. The molecule has 0 aliphatic rings. The summed E-state index contributed by atoms with van der Waals surface area (Å²) in [6.07, 6.45) is -4.52. The molecule has 0 heterocycles. The molecule has 7 heteroatoms. The first kappa shape index (κ1) is 11.8. The average Bonchev–Trinajstić information content (AvgIpc) is 2.08. The normalized spacial score (nSPS) is 10.9. The Kier molecular flexibility index (Phi) is 3.57. The van der Waals surface area contributed by atoms with Crippen LogP contribution in [0.1, 0.15) is 0 Å². The van der Waals surface area contributed by atoms with E-state index in [1.54, 1.807) is 0 Å². The van der Waals surface area contributed by atoms with Crippen molar-refractivity contribution in [1.29, 1.82) is 0 Å². The summed E-state index contributed by atoms with van der Waals surface area (Å²) in [5.74, 6) is -0.460. The molecule has 0 aliphatic heterocycles. The monoisotopic (exact) mass is 283 g/mol. The van der Waals surface area contributed by atoms with E-state index in [-0.39, 0.29) is 12.1 Å². The second kappa shape index (κ2) is 4.52. The number of hydrogen-bond acceptors (Lipinski definition) is 2. The number of alkyl halides is 3. The maximum Gasteiger partial charge on any atom is 0.573 e. The van der Waals surface area contributed by atoms with Crippen molar-refractivity contribution in [3.05, 3.63) is 22.7 Å².